The minimum Gasteiger partial charge on any atom is -0.387 e. The Hall–Kier alpha value is -2.87. The van der Waals surface area contributed by atoms with E-state index in [-0.39, 0.29) is 5.91 Å². The molecule has 1 heterocycles. The summed E-state index contributed by atoms with van der Waals surface area (Å²) in [5, 5.41) is 14.3. The maximum atomic E-state index is 12.0. The molecule has 20 heavy (non-hydrogen) atoms. The van der Waals surface area contributed by atoms with Gasteiger partial charge in [-0.3, -0.25) is 4.79 Å². The van der Waals surface area contributed by atoms with Gasteiger partial charge in [0.25, 0.3) is 5.91 Å². The molecular weight excluding hydrogens is 252 g/mol. The summed E-state index contributed by atoms with van der Waals surface area (Å²) in [4.78, 5) is 16.1. The van der Waals surface area contributed by atoms with Crippen molar-refractivity contribution >= 4 is 17.3 Å². The molecule has 0 aliphatic rings. The average molecular weight is 266 g/mol. The molecule has 2 rings (SSSR count). The molecule has 2 N–H and O–H groups in total. The van der Waals surface area contributed by atoms with Crippen LogP contribution in [0, 0.1) is 11.3 Å². The normalized spacial score (nSPS) is 9.60. The first-order valence-electron chi connectivity index (χ1n) is 6.14. The fourth-order valence-corrected chi connectivity index (χ4v) is 1.67. The van der Waals surface area contributed by atoms with E-state index in [2.05, 4.69) is 21.7 Å². The largest absolute Gasteiger partial charge is 0.387 e. The van der Waals surface area contributed by atoms with Crippen LogP contribution in [0.3, 0.4) is 0 Å². The molecule has 1 aromatic carbocycles. The molecule has 1 aromatic heterocycles. The Morgan fingerprint density at radius 3 is 2.45 bits per heavy atom. The van der Waals surface area contributed by atoms with E-state index >= 15 is 0 Å². The van der Waals surface area contributed by atoms with Gasteiger partial charge in [0, 0.05) is 12.7 Å². The molecule has 0 spiro atoms. The number of pyridine rings is 1. The van der Waals surface area contributed by atoms with Gasteiger partial charge >= 0.3 is 0 Å². The van der Waals surface area contributed by atoms with Crippen molar-refractivity contribution < 1.29 is 4.79 Å². The standard InChI is InChI=1S/C15H14N4O/c1-17-13-6-7-14(18-10-13)15(20)19-12-4-2-11(3-5-12)8-9-16/h2-7,10,17H,8H2,1H3,(H,19,20). The van der Waals surface area contributed by atoms with E-state index in [0.29, 0.717) is 17.8 Å². The Kier molecular flexibility index (Phi) is 4.30. The summed E-state index contributed by atoms with van der Waals surface area (Å²) in [7, 11) is 1.79. The first-order chi connectivity index (χ1) is 9.72. The molecule has 5 nitrogen and oxygen atoms in total. The third-order valence-corrected chi connectivity index (χ3v) is 2.78. The number of benzene rings is 1. The van der Waals surface area contributed by atoms with Crippen LogP contribution in [-0.2, 0) is 6.42 Å². The lowest BCUT2D eigenvalue weighted by Crippen LogP contribution is -2.13. The number of hydrogen-bond donors (Lipinski definition) is 2. The van der Waals surface area contributed by atoms with Gasteiger partial charge in [0.2, 0.25) is 0 Å². The van der Waals surface area contributed by atoms with E-state index in [1.165, 1.54) is 0 Å². The summed E-state index contributed by atoms with van der Waals surface area (Å²) in [6, 6.07) is 12.7. The van der Waals surface area contributed by atoms with Crippen LogP contribution in [0.2, 0.25) is 0 Å². The molecule has 100 valence electrons. The lowest BCUT2D eigenvalue weighted by atomic mass is 10.1. The second-order valence-electron chi connectivity index (χ2n) is 4.17. The minimum atomic E-state index is -0.263. The van der Waals surface area contributed by atoms with Crippen molar-refractivity contribution in [3.63, 3.8) is 0 Å². The number of anilines is 2. The third-order valence-electron chi connectivity index (χ3n) is 2.78. The summed E-state index contributed by atoms with van der Waals surface area (Å²) < 4.78 is 0. The van der Waals surface area contributed by atoms with Gasteiger partial charge in [-0.05, 0) is 29.8 Å². The van der Waals surface area contributed by atoms with Crippen molar-refractivity contribution in [2.24, 2.45) is 0 Å². The molecule has 0 bridgehead atoms. The molecule has 0 atom stereocenters. The summed E-state index contributed by atoms with van der Waals surface area (Å²) in [5.74, 6) is -0.263. The molecule has 2 aromatic rings. The number of rotatable bonds is 4. The van der Waals surface area contributed by atoms with Crippen LogP contribution in [0.25, 0.3) is 0 Å². The molecule has 0 aliphatic heterocycles. The summed E-state index contributed by atoms with van der Waals surface area (Å²) >= 11 is 0. The topological polar surface area (TPSA) is 77.8 Å². The number of hydrogen-bond acceptors (Lipinski definition) is 4. The highest BCUT2D eigenvalue weighted by atomic mass is 16.1. The number of aromatic nitrogens is 1. The molecule has 0 radical (unpaired) electrons. The monoisotopic (exact) mass is 266 g/mol. The van der Waals surface area contributed by atoms with Crippen LogP contribution < -0.4 is 10.6 Å². The highest BCUT2D eigenvalue weighted by Crippen LogP contribution is 2.12. The van der Waals surface area contributed by atoms with E-state index in [1.54, 1.807) is 37.5 Å². The van der Waals surface area contributed by atoms with E-state index in [0.717, 1.165) is 11.3 Å². The number of nitriles is 1. The Balaban J connectivity index is 2.05. The molecule has 0 unspecified atom stereocenters. The molecule has 5 heteroatoms. The van der Waals surface area contributed by atoms with Gasteiger partial charge in [-0.25, -0.2) is 4.98 Å². The first-order valence-corrected chi connectivity index (χ1v) is 6.14. The van der Waals surface area contributed by atoms with Crippen molar-refractivity contribution in [1.82, 2.24) is 4.98 Å². The van der Waals surface area contributed by atoms with Gasteiger partial charge in [-0.1, -0.05) is 12.1 Å². The Labute approximate surface area is 117 Å². The van der Waals surface area contributed by atoms with Crippen molar-refractivity contribution in [3.8, 4) is 6.07 Å². The molecule has 0 fully saturated rings. The van der Waals surface area contributed by atoms with Crippen LogP contribution in [0.5, 0.6) is 0 Å². The Bertz CT molecular complexity index is 626. The molecule has 1 amide bonds. The van der Waals surface area contributed by atoms with Crippen molar-refractivity contribution in [2.45, 2.75) is 6.42 Å². The minimum absolute atomic E-state index is 0.263. The SMILES string of the molecule is CNc1ccc(C(=O)Nc2ccc(CC#N)cc2)nc1. The second-order valence-corrected chi connectivity index (χ2v) is 4.17. The van der Waals surface area contributed by atoms with E-state index < -0.39 is 0 Å². The van der Waals surface area contributed by atoms with Crippen molar-refractivity contribution in [2.75, 3.05) is 17.7 Å². The van der Waals surface area contributed by atoms with Crippen LogP contribution >= 0.6 is 0 Å². The van der Waals surface area contributed by atoms with Crippen molar-refractivity contribution in [3.05, 3.63) is 53.9 Å². The van der Waals surface area contributed by atoms with E-state index in [9.17, 15) is 4.79 Å². The van der Waals surface area contributed by atoms with Crippen molar-refractivity contribution in [1.29, 1.82) is 5.26 Å². The van der Waals surface area contributed by atoms with Crippen LogP contribution in [0.4, 0.5) is 11.4 Å². The van der Waals surface area contributed by atoms with Gasteiger partial charge in [0.1, 0.15) is 5.69 Å². The Morgan fingerprint density at radius 2 is 1.90 bits per heavy atom. The van der Waals surface area contributed by atoms with Gasteiger partial charge in [-0.2, -0.15) is 5.26 Å². The van der Waals surface area contributed by atoms with E-state index in [4.69, 9.17) is 5.26 Å². The molecule has 0 saturated heterocycles. The molecule has 0 saturated carbocycles. The first kappa shape index (κ1) is 13.6. The summed E-state index contributed by atoms with van der Waals surface area (Å²) in [5.41, 5.74) is 2.80. The number of nitrogens with one attached hydrogen (secondary N) is 2. The lowest BCUT2D eigenvalue weighted by molar-refractivity contribution is 0.102. The number of carbonyl (C=O) groups is 1. The zero-order valence-corrected chi connectivity index (χ0v) is 11.1. The zero-order valence-electron chi connectivity index (χ0n) is 11.1. The zero-order chi connectivity index (χ0) is 14.4. The van der Waals surface area contributed by atoms with Gasteiger partial charge < -0.3 is 10.6 Å². The highest BCUT2D eigenvalue weighted by molar-refractivity contribution is 6.02. The fourth-order valence-electron chi connectivity index (χ4n) is 1.67. The maximum absolute atomic E-state index is 12.0. The lowest BCUT2D eigenvalue weighted by Gasteiger charge is -2.06. The highest BCUT2D eigenvalue weighted by Gasteiger charge is 2.07. The summed E-state index contributed by atoms with van der Waals surface area (Å²) in [6.07, 6.45) is 1.96. The summed E-state index contributed by atoms with van der Waals surface area (Å²) in [6.45, 7) is 0. The smallest absolute Gasteiger partial charge is 0.274 e. The second kappa shape index (κ2) is 6.34. The van der Waals surface area contributed by atoms with Crippen LogP contribution in [0.1, 0.15) is 16.1 Å². The molecular formula is C15H14N4O. The van der Waals surface area contributed by atoms with Gasteiger partial charge in [-0.15, -0.1) is 0 Å². The van der Waals surface area contributed by atoms with Crippen LogP contribution in [-0.4, -0.2) is 17.9 Å². The van der Waals surface area contributed by atoms with E-state index in [1.807, 2.05) is 12.1 Å². The third kappa shape index (κ3) is 3.33. The van der Waals surface area contributed by atoms with Gasteiger partial charge in [0.05, 0.1) is 24.4 Å². The molecule has 0 aliphatic carbocycles. The number of nitrogens with zero attached hydrogens (tertiary/aromatic N) is 2. The van der Waals surface area contributed by atoms with Gasteiger partial charge in [0.15, 0.2) is 0 Å². The predicted octanol–water partition coefficient (Wildman–Crippen LogP) is 2.44. The predicted molar refractivity (Wildman–Crippen MR) is 77.5 cm³/mol. The fraction of sp³-hybridized carbons (Fsp3) is 0.133. The maximum Gasteiger partial charge on any atom is 0.274 e. The number of amides is 1. The van der Waals surface area contributed by atoms with Crippen LogP contribution in [0.15, 0.2) is 42.6 Å². The average Bonchev–Trinajstić information content (AvgIpc) is 2.49. The number of carbonyl (C=O) groups excluding carboxylic acids is 1. The Morgan fingerprint density at radius 1 is 1.20 bits per heavy atom. The quantitative estimate of drug-likeness (QED) is 0.891.